The van der Waals surface area contributed by atoms with E-state index >= 15 is 0 Å². The Labute approximate surface area is 198 Å². The molecule has 1 unspecified atom stereocenters. The van der Waals surface area contributed by atoms with Gasteiger partial charge in [0.25, 0.3) is 11.8 Å². The van der Waals surface area contributed by atoms with Crippen molar-refractivity contribution in [2.45, 2.75) is 31.7 Å². The molecule has 5 nitrogen and oxygen atoms in total. The van der Waals surface area contributed by atoms with E-state index < -0.39 is 51.7 Å². The average molecular weight is 484 g/mol. The van der Waals surface area contributed by atoms with Gasteiger partial charge in [-0.05, 0) is 29.7 Å². The third kappa shape index (κ3) is 2.93. The van der Waals surface area contributed by atoms with Gasteiger partial charge in [-0.25, -0.2) is 17.6 Å². The molecule has 0 fully saturated rings. The molecule has 35 heavy (non-hydrogen) atoms. The quantitative estimate of drug-likeness (QED) is 0.496. The zero-order valence-electron chi connectivity index (χ0n) is 19.2. The monoisotopic (exact) mass is 484 g/mol. The number of anilines is 2. The lowest BCUT2D eigenvalue weighted by Crippen LogP contribution is -2.50. The Hall–Kier alpha value is -3.88. The van der Waals surface area contributed by atoms with Crippen molar-refractivity contribution in [2.24, 2.45) is 0 Å². The van der Waals surface area contributed by atoms with Gasteiger partial charge >= 0.3 is 0 Å². The lowest BCUT2D eigenvalue weighted by Gasteiger charge is -2.34. The van der Waals surface area contributed by atoms with E-state index in [-0.39, 0.29) is 22.4 Å². The molecular formula is C26H20F4N2O3. The average Bonchev–Trinajstić information content (AvgIpc) is 3.21. The Kier molecular flexibility index (Phi) is 4.78. The number of carbonyl (C=O) groups excluding carboxylic acids is 2. The number of hydrogen-bond donors (Lipinski definition) is 1. The number of amides is 2. The first-order valence-electron chi connectivity index (χ1n) is 10.8. The van der Waals surface area contributed by atoms with Crippen molar-refractivity contribution in [1.29, 1.82) is 0 Å². The van der Waals surface area contributed by atoms with Crippen LogP contribution in [0.2, 0.25) is 0 Å². The molecule has 1 spiro atoms. The minimum absolute atomic E-state index is 0.0526. The molecule has 1 atom stereocenters. The van der Waals surface area contributed by atoms with Gasteiger partial charge in [0.2, 0.25) is 0 Å². The maximum Gasteiger partial charge on any atom is 0.260 e. The van der Waals surface area contributed by atoms with Crippen LogP contribution in [-0.4, -0.2) is 18.9 Å². The number of carbonyl (C=O) groups is 2. The largest absolute Gasteiger partial charge is 0.496 e. The molecule has 3 aromatic rings. The van der Waals surface area contributed by atoms with Crippen LogP contribution in [0.25, 0.3) is 0 Å². The highest BCUT2D eigenvalue weighted by molar-refractivity contribution is 6.24. The van der Waals surface area contributed by atoms with E-state index in [1.165, 1.54) is 19.2 Å². The number of halogens is 4. The van der Waals surface area contributed by atoms with Crippen LogP contribution in [0.4, 0.5) is 28.9 Å². The van der Waals surface area contributed by atoms with Gasteiger partial charge < -0.3 is 10.1 Å². The maximum absolute atomic E-state index is 14.8. The minimum Gasteiger partial charge on any atom is -0.496 e. The maximum atomic E-state index is 14.8. The van der Waals surface area contributed by atoms with Crippen LogP contribution in [0, 0.1) is 23.3 Å². The lowest BCUT2D eigenvalue weighted by molar-refractivity contribution is -0.119. The number of fused-ring (bicyclic) bond motifs is 4. The van der Waals surface area contributed by atoms with Crippen LogP contribution < -0.4 is 15.0 Å². The van der Waals surface area contributed by atoms with Crippen LogP contribution in [0.3, 0.4) is 0 Å². The van der Waals surface area contributed by atoms with Gasteiger partial charge in [-0.3, -0.25) is 14.5 Å². The van der Waals surface area contributed by atoms with E-state index in [1.54, 1.807) is 6.07 Å². The first kappa shape index (κ1) is 22.9. The molecule has 9 heteroatoms. The molecule has 0 aromatic heterocycles. The van der Waals surface area contributed by atoms with Crippen LogP contribution in [-0.2, 0) is 15.7 Å². The Morgan fingerprint density at radius 2 is 1.54 bits per heavy atom. The topological polar surface area (TPSA) is 58.6 Å². The Bertz CT molecular complexity index is 1430. The van der Waals surface area contributed by atoms with E-state index in [2.05, 4.69) is 5.32 Å². The van der Waals surface area contributed by atoms with Gasteiger partial charge in [-0.1, -0.05) is 32.9 Å². The Morgan fingerprint density at radius 3 is 2.14 bits per heavy atom. The number of benzene rings is 3. The van der Waals surface area contributed by atoms with Crippen molar-refractivity contribution >= 4 is 23.2 Å². The molecule has 1 N–H and O–H groups in total. The third-order valence-electron chi connectivity index (χ3n) is 6.44. The molecule has 0 bridgehead atoms. The molecule has 2 heterocycles. The molecular weight excluding hydrogens is 464 g/mol. The third-order valence-corrected chi connectivity index (χ3v) is 6.44. The first-order valence-corrected chi connectivity index (χ1v) is 10.8. The smallest absolute Gasteiger partial charge is 0.260 e. The van der Waals surface area contributed by atoms with E-state index in [1.807, 2.05) is 20.8 Å². The number of rotatable bonds is 2. The Balaban J connectivity index is 1.96. The van der Waals surface area contributed by atoms with Crippen LogP contribution in [0.5, 0.6) is 5.75 Å². The van der Waals surface area contributed by atoms with Gasteiger partial charge in [0.15, 0.2) is 17.2 Å². The molecule has 0 saturated carbocycles. The van der Waals surface area contributed by atoms with E-state index in [9.17, 15) is 27.2 Å². The fourth-order valence-electron chi connectivity index (χ4n) is 5.18. The van der Waals surface area contributed by atoms with Crippen molar-refractivity contribution in [2.75, 3.05) is 17.3 Å². The molecule has 0 radical (unpaired) electrons. The number of methoxy groups -OCH3 is 1. The second-order valence-corrected chi connectivity index (χ2v) is 9.53. The van der Waals surface area contributed by atoms with Crippen LogP contribution >= 0.6 is 0 Å². The fraction of sp³-hybridized carbons (Fsp3) is 0.231. The highest BCUT2D eigenvalue weighted by Gasteiger charge is 2.62. The summed E-state index contributed by atoms with van der Waals surface area (Å²) in [6, 6.07) is 7.56. The lowest BCUT2D eigenvalue weighted by atomic mass is 9.77. The van der Waals surface area contributed by atoms with Crippen molar-refractivity contribution in [3.63, 3.8) is 0 Å². The predicted octanol–water partition coefficient (Wildman–Crippen LogP) is 5.41. The van der Waals surface area contributed by atoms with Gasteiger partial charge in [0.05, 0.1) is 24.0 Å². The zero-order valence-corrected chi connectivity index (χ0v) is 19.2. The number of hydrogen-bond acceptors (Lipinski definition) is 3. The van der Waals surface area contributed by atoms with E-state index in [0.717, 1.165) is 23.1 Å². The minimum atomic E-state index is -2.04. The number of ether oxygens (including phenoxy) is 1. The molecule has 180 valence electrons. The van der Waals surface area contributed by atoms with Crippen molar-refractivity contribution in [1.82, 2.24) is 0 Å². The number of nitrogens with one attached hydrogen (secondary N) is 1. The summed E-state index contributed by atoms with van der Waals surface area (Å²) in [5.74, 6) is -5.67. The molecule has 5 rings (SSSR count). The Morgan fingerprint density at radius 1 is 0.914 bits per heavy atom. The van der Waals surface area contributed by atoms with Crippen molar-refractivity contribution < 1.29 is 31.9 Å². The summed E-state index contributed by atoms with van der Waals surface area (Å²) in [5.41, 5.74) is -2.73. The highest BCUT2D eigenvalue weighted by atomic mass is 19.2. The molecule has 0 aliphatic carbocycles. The van der Waals surface area contributed by atoms with E-state index in [0.29, 0.717) is 17.4 Å². The van der Waals surface area contributed by atoms with Gasteiger partial charge in [-0.15, -0.1) is 0 Å². The summed E-state index contributed by atoms with van der Waals surface area (Å²) in [6.07, 6.45) is 0. The molecule has 2 aliphatic rings. The van der Waals surface area contributed by atoms with Crippen LogP contribution in [0.15, 0.2) is 42.5 Å². The summed E-state index contributed by atoms with van der Waals surface area (Å²) in [7, 11) is 1.43. The summed E-state index contributed by atoms with van der Waals surface area (Å²) >= 11 is 0. The molecule has 3 aromatic carbocycles. The van der Waals surface area contributed by atoms with E-state index in [4.69, 9.17) is 4.74 Å². The normalized spacial score (nSPS) is 18.7. The van der Waals surface area contributed by atoms with Crippen molar-refractivity contribution in [3.8, 4) is 5.75 Å². The highest BCUT2D eigenvalue weighted by Crippen LogP contribution is 2.55. The van der Waals surface area contributed by atoms with Crippen LogP contribution in [0.1, 0.15) is 47.8 Å². The summed E-state index contributed by atoms with van der Waals surface area (Å²) < 4.78 is 63.0. The molecule has 2 amide bonds. The van der Waals surface area contributed by atoms with Crippen molar-refractivity contribution in [3.05, 3.63) is 88.0 Å². The second-order valence-electron chi connectivity index (χ2n) is 9.53. The standard InChI is InChI=1S/C26H20F4N2O3/c1-25(2,3)20-18(35-4)8-6-15-19(20)23(33)32(14-10-12(27)9-13(28)11-14)26(15)16-5-7-17(29)21(30)22(16)31-24(26)34/h5-11H,1-4H3,(H,31,34). The second kappa shape index (κ2) is 7.31. The van der Waals surface area contributed by atoms with Gasteiger partial charge in [0, 0.05) is 22.8 Å². The summed E-state index contributed by atoms with van der Waals surface area (Å²) in [5, 5.41) is 2.35. The van der Waals surface area contributed by atoms with Gasteiger partial charge in [0.1, 0.15) is 17.4 Å². The SMILES string of the molecule is COc1ccc2c(c1C(C)(C)C)C(=O)N(c1cc(F)cc(F)c1)C21C(=O)Nc2c1ccc(F)c2F. The number of nitrogens with zero attached hydrogens (tertiary/aromatic N) is 1. The summed E-state index contributed by atoms with van der Waals surface area (Å²) in [6.45, 7) is 5.52. The summed E-state index contributed by atoms with van der Waals surface area (Å²) in [4.78, 5) is 28.7. The van der Waals surface area contributed by atoms with Gasteiger partial charge in [-0.2, -0.15) is 0 Å². The first-order chi connectivity index (χ1) is 16.4. The predicted molar refractivity (Wildman–Crippen MR) is 121 cm³/mol. The zero-order chi connectivity index (χ0) is 25.4. The molecule has 2 aliphatic heterocycles. The molecule has 0 saturated heterocycles. The fourth-order valence-corrected chi connectivity index (χ4v) is 5.18.